The number of nitrogen functional groups attached to an aromatic ring is 1. The molecule has 0 aliphatic carbocycles. The van der Waals surface area contributed by atoms with Crippen molar-refractivity contribution in [3.63, 3.8) is 0 Å². The molecule has 0 aliphatic rings. The van der Waals surface area contributed by atoms with Gasteiger partial charge in [0.15, 0.2) is 0 Å². The smallest absolute Gasteiger partial charge is 0.0921 e. The molecule has 84 valence electrons. The molecular formula is C11H13IN4. The fraction of sp³-hybridized carbons (Fsp3) is 0.182. The SMILES string of the molecule is Nc1cc(I)ccc1NCCc1cnc[nH]1. The van der Waals surface area contributed by atoms with Gasteiger partial charge < -0.3 is 16.0 Å². The van der Waals surface area contributed by atoms with Crippen molar-refractivity contribution >= 4 is 34.0 Å². The van der Waals surface area contributed by atoms with Crippen molar-refractivity contribution in [1.29, 1.82) is 0 Å². The van der Waals surface area contributed by atoms with Gasteiger partial charge in [0.25, 0.3) is 0 Å². The van der Waals surface area contributed by atoms with Crippen LogP contribution in [-0.2, 0) is 6.42 Å². The number of nitrogens with zero attached hydrogens (tertiary/aromatic N) is 1. The Morgan fingerprint density at radius 3 is 3.00 bits per heavy atom. The van der Waals surface area contributed by atoms with E-state index in [4.69, 9.17) is 5.73 Å². The molecule has 0 fully saturated rings. The van der Waals surface area contributed by atoms with E-state index >= 15 is 0 Å². The molecule has 1 aromatic carbocycles. The molecule has 1 heterocycles. The second-order valence-corrected chi connectivity index (χ2v) is 4.73. The quantitative estimate of drug-likeness (QED) is 0.596. The Balaban J connectivity index is 1.90. The van der Waals surface area contributed by atoms with Crippen LogP contribution >= 0.6 is 22.6 Å². The second kappa shape index (κ2) is 5.20. The van der Waals surface area contributed by atoms with Gasteiger partial charge in [-0.2, -0.15) is 0 Å². The maximum Gasteiger partial charge on any atom is 0.0921 e. The molecule has 0 spiro atoms. The number of hydrogen-bond donors (Lipinski definition) is 3. The number of imidazole rings is 1. The molecular weight excluding hydrogens is 315 g/mol. The van der Waals surface area contributed by atoms with E-state index in [9.17, 15) is 0 Å². The summed E-state index contributed by atoms with van der Waals surface area (Å²) < 4.78 is 1.15. The molecule has 0 radical (unpaired) electrons. The first kappa shape index (κ1) is 11.3. The Hall–Kier alpha value is -1.24. The van der Waals surface area contributed by atoms with Crippen molar-refractivity contribution in [1.82, 2.24) is 9.97 Å². The molecule has 4 N–H and O–H groups in total. The molecule has 2 rings (SSSR count). The Morgan fingerprint density at radius 1 is 1.44 bits per heavy atom. The highest BCUT2D eigenvalue weighted by Gasteiger charge is 1.99. The summed E-state index contributed by atoms with van der Waals surface area (Å²) in [6.45, 7) is 0.840. The Morgan fingerprint density at radius 2 is 2.31 bits per heavy atom. The lowest BCUT2D eigenvalue weighted by Crippen LogP contribution is -2.07. The average Bonchev–Trinajstić information content (AvgIpc) is 2.74. The van der Waals surface area contributed by atoms with E-state index in [1.165, 1.54) is 0 Å². The zero-order chi connectivity index (χ0) is 11.4. The van der Waals surface area contributed by atoms with Gasteiger partial charge in [-0.25, -0.2) is 4.98 Å². The lowest BCUT2D eigenvalue weighted by atomic mass is 10.2. The summed E-state index contributed by atoms with van der Waals surface area (Å²) in [5.74, 6) is 0. The monoisotopic (exact) mass is 328 g/mol. The van der Waals surface area contributed by atoms with Gasteiger partial charge in [0, 0.05) is 28.4 Å². The summed E-state index contributed by atoms with van der Waals surface area (Å²) >= 11 is 2.25. The summed E-state index contributed by atoms with van der Waals surface area (Å²) in [6.07, 6.45) is 4.43. The second-order valence-electron chi connectivity index (χ2n) is 3.49. The number of benzene rings is 1. The van der Waals surface area contributed by atoms with Crippen LogP contribution in [0.25, 0.3) is 0 Å². The summed E-state index contributed by atoms with van der Waals surface area (Å²) in [5, 5.41) is 3.30. The lowest BCUT2D eigenvalue weighted by molar-refractivity contribution is 0.977. The number of aromatic amines is 1. The summed E-state index contributed by atoms with van der Waals surface area (Å²) in [5.41, 5.74) is 8.79. The molecule has 5 heteroatoms. The fourth-order valence-corrected chi connectivity index (χ4v) is 1.96. The van der Waals surface area contributed by atoms with Crippen LogP contribution in [0.4, 0.5) is 11.4 Å². The van der Waals surface area contributed by atoms with E-state index in [0.717, 1.165) is 33.6 Å². The van der Waals surface area contributed by atoms with Crippen LogP contribution in [0.15, 0.2) is 30.7 Å². The van der Waals surface area contributed by atoms with Crippen LogP contribution in [0.2, 0.25) is 0 Å². The van der Waals surface area contributed by atoms with Crippen molar-refractivity contribution < 1.29 is 0 Å². The highest BCUT2D eigenvalue weighted by molar-refractivity contribution is 14.1. The number of nitrogens with two attached hydrogens (primary N) is 1. The molecule has 2 aromatic rings. The number of H-pyrrole nitrogens is 1. The Bertz CT molecular complexity index is 453. The molecule has 0 atom stereocenters. The third kappa shape index (κ3) is 2.88. The highest BCUT2D eigenvalue weighted by Crippen LogP contribution is 2.20. The molecule has 0 aliphatic heterocycles. The van der Waals surface area contributed by atoms with Gasteiger partial charge in [-0.05, 0) is 40.8 Å². The summed E-state index contributed by atoms with van der Waals surface area (Å²) in [6, 6.07) is 6.00. The predicted molar refractivity (Wildman–Crippen MR) is 74.4 cm³/mol. The van der Waals surface area contributed by atoms with E-state index in [1.807, 2.05) is 24.4 Å². The fourth-order valence-electron chi connectivity index (χ4n) is 1.45. The summed E-state index contributed by atoms with van der Waals surface area (Å²) in [7, 11) is 0. The number of anilines is 2. The first-order chi connectivity index (χ1) is 7.75. The van der Waals surface area contributed by atoms with Crippen LogP contribution in [0.1, 0.15) is 5.69 Å². The van der Waals surface area contributed by atoms with Crippen molar-refractivity contribution in [2.45, 2.75) is 6.42 Å². The molecule has 1 aromatic heterocycles. The Labute approximate surface area is 108 Å². The van der Waals surface area contributed by atoms with Crippen LogP contribution in [0.5, 0.6) is 0 Å². The highest BCUT2D eigenvalue weighted by atomic mass is 127. The van der Waals surface area contributed by atoms with Crippen molar-refractivity contribution in [2.75, 3.05) is 17.6 Å². The molecule has 4 nitrogen and oxygen atoms in total. The van der Waals surface area contributed by atoms with E-state index in [1.54, 1.807) is 6.33 Å². The number of rotatable bonds is 4. The minimum atomic E-state index is 0.788. The molecule has 16 heavy (non-hydrogen) atoms. The van der Waals surface area contributed by atoms with Gasteiger partial charge >= 0.3 is 0 Å². The number of halogens is 1. The molecule has 0 saturated carbocycles. The topological polar surface area (TPSA) is 66.7 Å². The zero-order valence-electron chi connectivity index (χ0n) is 8.70. The van der Waals surface area contributed by atoms with Crippen molar-refractivity contribution in [2.24, 2.45) is 0 Å². The van der Waals surface area contributed by atoms with E-state index in [0.29, 0.717) is 0 Å². The number of nitrogens with one attached hydrogen (secondary N) is 2. The van der Waals surface area contributed by atoms with Gasteiger partial charge in [0.2, 0.25) is 0 Å². The Kier molecular flexibility index (Phi) is 3.66. The lowest BCUT2D eigenvalue weighted by Gasteiger charge is -2.08. The number of aromatic nitrogens is 2. The largest absolute Gasteiger partial charge is 0.397 e. The molecule has 0 unspecified atom stereocenters. The van der Waals surface area contributed by atoms with Crippen LogP contribution in [0.3, 0.4) is 0 Å². The van der Waals surface area contributed by atoms with Crippen LogP contribution in [-0.4, -0.2) is 16.5 Å². The first-order valence-corrected chi connectivity index (χ1v) is 6.10. The van der Waals surface area contributed by atoms with Gasteiger partial charge in [0.1, 0.15) is 0 Å². The van der Waals surface area contributed by atoms with Gasteiger partial charge in [-0.3, -0.25) is 0 Å². The normalized spacial score (nSPS) is 10.3. The third-order valence-electron chi connectivity index (χ3n) is 2.28. The molecule has 0 amide bonds. The average molecular weight is 328 g/mol. The maximum atomic E-state index is 5.89. The predicted octanol–water partition coefficient (Wildman–Crippen LogP) is 2.25. The van der Waals surface area contributed by atoms with Gasteiger partial charge in [-0.15, -0.1) is 0 Å². The minimum Gasteiger partial charge on any atom is -0.397 e. The van der Waals surface area contributed by atoms with E-state index in [-0.39, 0.29) is 0 Å². The third-order valence-corrected chi connectivity index (χ3v) is 2.95. The summed E-state index contributed by atoms with van der Waals surface area (Å²) in [4.78, 5) is 7.03. The first-order valence-electron chi connectivity index (χ1n) is 5.02. The molecule has 0 saturated heterocycles. The molecule has 0 bridgehead atoms. The van der Waals surface area contributed by atoms with Crippen LogP contribution in [0, 0.1) is 3.57 Å². The minimum absolute atomic E-state index is 0.788. The number of hydrogen-bond acceptors (Lipinski definition) is 3. The standard InChI is InChI=1S/C11H13IN4/c12-8-1-2-11(10(13)5-8)15-4-3-9-6-14-7-16-9/h1-2,5-7,15H,3-4,13H2,(H,14,16). The van der Waals surface area contributed by atoms with Crippen LogP contribution < -0.4 is 11.1 Å². The van der Waals surface area contributed by atoms with E-state index < -0.39 is 0 Å². The van der Waals surface area contributed by atoms with Gasteiger partial charge in [0.05, 0.1) is 17.7 Å². The van der Waals surface area contributed by atoms with E-state index in [2.05, 4.69) is 37.9 Å². The van der Waals surface area contributed by atoms with Gasteiger partial charge in [-0.1, -0.05) is 0 Å². The van der Waals surface area contributed by atoms with Crippen molar-refractivity contribution in [3.05, 3.63) is 40.0 Å². The maximum absolute atomic E-state index is 5.89. The zero-order valence-corrected chi connectivity index (χ0v) is 10.9. The van der Waals surface area contributed by atoms with Crippen molar-refractivity contribution in [3.8, 4) is 0 Å².